The molecule has 0 aliphatic carbocycles. The molecule has 3 aromatic rings. The molecule has 1 aliphatic rings. The van der Waals surface area contributed by atoms with E-state index < -0.39 is 0 Å². The van der Waals surface area contributed by atoms with Crippen molar-refractivity contribution in [3.05, 3.63) is 89.5 Å². The normalized spacial score (nSPS) is 13.5. The first kappa shape index (κ1) is 23.2. The van der Waals surface area contributed by atoms with Gasteiger partial charge in [0.2, 0.25) is 0 Å². The zero-order chi connectivity index (χ0) is 23.9. The number of rotatable bonds is 7. The van der Waals surface area contributed by atoms with E-state index in [1.54, 1.807) is 40.4 Å². The van der Waals surface area contributed by atoms with E-state index in [0.717, 1.165) is 5.56 Å². The van der Waals surface area contributed by atoms with Crippen LogP contribution in [0.2, 0.25) is 0 Å². The predicted molar refractivity (Wildman–Crippen MR) is 124 cm³/mol. The molecule has 0 radical (unpaired) electrons. The second kappa shape index (κ2) is 10.8. The highest BCUT2D eigenvalue weighted by Crippen LogP contribution is 2.30. The molecule has 2 aromatic carbocycles. The number of hydrogen-bond acceptors (Lipinski definition) is 5. The summed E-state index contributed by atoms with van der Waals surface area (Å²) in [5.74, 6) is 0.376. The molecule has 1 aromatic heterocycles. The van der Waals surface area contributed by atoms with Crippen molar-refractivity contribution < 1.29 is 23.5 Å². The lowest BCUT2D eigenvalue weighted by Crippen LogP contribution is -2.50. The average Bonchev–Trinajstić information content (AvgIpc) is 2.88. The van der Waals surface area contributed by atoms with E-state index >= 15 is 0 Å². The number of halogens is 1. The van der Waals surface area contributed by atoms with Crippen molar-refractivity contribution in [1.29, 1.82) is 0 Å². The zero-order valence-corrected chi connectivity index (χ0v) is 18.9. The number of pyridine rings is 1. The summed E-state index contributed by atoms with van der Waals surface area (Å²) in [5.41, 5.74) is 1.86. The molecule has 1 aliphatic heterocycles. The third kappa shape index (κ3) is 5.51. The third-order valence-corrected chi connectivity index (χ3v) is 5.55. The average molecular weight is 464 g/mol. The molecule has 2 amide bonds. The Kier molecular flexibility index (Phi) is 7.37. The van der Waals surface area contributed by atoms with Crippen molar-refractivity contribution in [3.63, 3.8) is 0 Å². The standard InChI is InChI=1S/C26H26FN3O4/c1-2-33-24-16-21(7-10-23(24)34-18-19-4-3-11-28-17-19)26(32)30-14-12-29(13-15-30)25(31)20-5-8-22(27)9-6-20/h3-11,16-17H,2,12-15,18H2,1H3. The van der Waals surface area contributed by atoms with Gasteiger partial charge in [0.05, 0.1) is 6.61 Å². The van der Waals surface area contributed by atoms with Gasteiger partial charge in [-0.1, -0.05) is 6.07 Å². The maximum atomic E-state index is 13.1. The number of hydrogen-bond donors (Lipinski definition) is 0. The van der Waals surface area contributed by atoms with Crippen LogP contribution in [0.5, 0.6) is 11.5 Å². The van der Waals surface area contributed by atoms with Crippen LogP contribution in [0.4, 0.5) is 4.39 Å². The summed E-state index contributed by atoms with van der Waals surface area (Å²) in [6.45, 7) is 4.29. The van der Waals surface area contributed by atoms with Crippen LogP contribution in [0.15, 0.2) is 67.0 Å². The first-order valence-electron chi connectivity index (χ1n) is 11.2. The summed E-state index contributed by atoms with van der Waals surface area (Å²) in [6, 6.07) is 14.4. The molecule has 4 rings (SSSR count). The topological polar surface area (TPSA) is 72.0 Å². The molecule has 1 fully saturated rings. The number of ether oxygens (including phenoxy) is 2. The number of aromatic nitrogens is 1. The lowest BCUT2D eigenvalue weighted by Gasteiger charge is -2.35. The Morgan fingerprint density at radius 3 is 2.15 bits per heavy atom. The van der Waals surface area contributed by atoms with Gasteiger partial charge in [-0.05, 0) is 55.5 Å². The van der Waals surface area contributed by atoms with Crippen molar-refractivity contribution in [1.82, 2.24) is 14.8 Å². The summed E-state index contributed by atoms with van der Waals surface area (Å²) in [6.07, 6.45) is 3.44. The first-order chi connectivity index (χ1) is 16.5. The fourth-order valence-electron chi connectivity index (χ4n) is 3.74. The summed E-state index contributed by atoms with van der Waals surface area (Å²) >= 11 is 0. The highest BCUT2D eigenvalue weighted by molar-refractivity contribution is 5.96. The Bertz CT molecular complexity index is 1130. The number of benzene rings is 2. The van der Waals surface area contributed by atoms with E-state index in [4.69, 9.17) is 9.47 Å². The highest BCUT2D eigenvalue weighted by Gasteiger charge is 2.26. The number of nitrogens with zero attached hydrogens (tertiary/aromatic N) is 3. The van der Waals surface area contributed by atoms with E-state index in [1.807, 2.05) is 19.1 Å². The molecular weight excluding hydrogens is 437 g/mol. The molecule has 176 valence electrons. The van der Waals surface area contributed by atoms with Crippen molar-refractivity contribution in [3.8, 4) is 11.5 Å². The quantitative estimate of drug-likeness (QED) is 0.533. The van der Waals surface area contributed by atoms with E-state index in [2.05, 4.69) is 4.98 Å². The Morgan fingerprint density at radius 1 is 0.882 bits per heavy atom. The Morgan fingerprint density at radius 2 is 1.53 bits per heavy atom. The number of piperazine rings is 1. The monoisotopic (exact) mass is 463 g/mol. The van der Waals surface area contributed by atoms with Crippen LogP contribution in [0.3, 0.4) is 0 Å². The van der Waals surface area contributed by atoms with Crippen molar-refractivity contribution in [2.75, 3.05) is 32.8 Å². The molecule has 0 N–H and O–H groups in total. The van der Waals surface area contributed by atoms with Gasteiger partial charge in [0.15, 0.2) is 11.5 Å². The maximum Gasteiger partial charge on any atom is 0.254 e. The molecule has 34 heavy (non-hydrogen) atoms. The van der Waals surface area contributed by atoms with Crippen LogP contribution in [0, 0.1) is 5.82 Å². The molecule has 7 nitrogen and oxygen atoms in total. The summed E-state index contributed by atoms with van der Waals surface area (Å²) in [5, 5.41) is 0. The van der Waals surface area contributed by atoms with Crippen LogP contribution in [-0.2, 0) is 6.61 Å². The summed E-state index contributed by atoms with van der Waals surface area (Å²) < 4.78 is 24.7. The number of amides is 2. The molecule has 8 heteroatoms. The highest BCUT2D eigenvalue weighted by atomic mass is 19.1. The van der Waals surface area contributed by atoms with Crippen molar-refractivity contribution in [2.24, 2.45) is 0 Å². The van der Waals surface area contributed by atoms with Crippen molar-refractivity contribution >= 4 is 11.8 Å². The fraction of sp³-hybridized carbons (Fsp3) is 0.269. The summed E-state index contributed by atoms with van der Waals surface area (Å²) in [7, 11) is 0. The molecule has 2 heterocycles. The zero-order valence-electron chi connectivity index (χ0n) is 18.9. The van der Waals surface area contributed by atoms with Gasteiger partial charge in [-0.3, -0.25) is 14.6 Å². The van der Waals surface area contributed by atoms with E-state index in [0.29, 0.717) is 62.0 Å². The Balaban J connectivity index is 1.39. The Hall–Kier alpha value is -3.94. The van der Waals surface area contributed by atoms with Gasteiger partial charge in [0, 0.05) is 55.3 Å². The molecule has 0 bridgehead atoms. The van der Waals surface area contributed by atoms with Gasteiger partial charge in [0.1, 0.15) is 12.4 Å². The molecule has 0 unspecified atom stereocenters. The first-order valence-corrected chi connectivity index (χ1v) is 11.2. The number of carbonyl (C=O) groups excluding carboxylic acids is 2. The minimum atomic E-state index is -0.383. The summed E-state index contributed by atoms with van der Waals surface area (Å²) in [4.78, 5) is 33.2. The minimum absolute atomic E-state index is 0.131. The van der Waals surface area contributed by atoms with Gasteiger partial charge in [-0.25, -0.2) is 4.39 Å². The van der Waals surface area contributed by atoms with E-state index in [1.165, 1.54) is 24.3 Å². The van der Waals surface area contributed by atoms with Gasteiger partial charge < -0.3 is 19.3 Å². The number of carbonyl (C=O) groups is 2. The largest absolute Gasteiger partial charge is 0.490 e. The SMILES string of the molecule is CCOc1cc(C(=O)N2CCN(C(=O)c3ccc(F)cc3)CC2)ccc1OCc1cccnc1. The van der Waals surface area contributed by atoms with Gasteiger partial charge in [0.25, 0.3) is 11.8 Å². The predicted octanol–water partition coefficient (Wildman–Crippen LogP) is 3.80. The molecule has 1 saturated heterocycles. The maximum absolute atomic E-state index is 13.1. The Labute approximate surface area is 197 Å². The van der Waals surface area contributed by atoms with Crippen LogP contribution in [-0.4, -0.2) is 59.4 Å². The molecule has 0 saturated carbocycles. The third-order valence-electron chi connectivity index (χ3n) is 5.55. The second-order valence-corrected chi connectivity index (χ2v) is 7.84. The fourth-order valence-corrected chi connectivity index (χ4v) is 3.74. The van der Waals surface area contributed by atoms with Gasteiger partial charge in [-0.15, -0.1) is 0 Å². The molecular formula is C26H26FN3O4. The van der Waals surface area contributed by atoms with Gasteiger partial charge in [-0.2, -0.15) is 0 Å². The lowest BCUT2D eigenvalue weighted by atomic mass is 10.1. The van der Waals surface area contributed by atoms with Crippen LogP contribution in [0.25, 0.3) is 0 Å². The minimum Gasteiger partial charge on any atom is -0.490 e. The van der Waals surface area contributed by atoms with E-state index in [9.17, 15) is 14.0 Å². The second-order valence-electron chi connectivity index (χ2n) is 7.84. The lowest BCUT2D eigenvalue weighted by molar-refractivity contribution is 0.0535. The van der Waals surface area contributed by atoms with Crippen molar-refractivity contribution in [2.45, 2.75) is 13.5 Å². The van der Waals surface area contributed by atoms with Crippen LogP contribution in [0.1, 0.15) is 33.2 Å². The molecule has 0 atom stereocenters. The van der Waals surface area contributed by atoms with Crippen LogP contribution >= 0.6 is 0 Å². The smallest absolute Gasteiger partial charge is 0.254 e. The van der Waals surface area contributed by atoms with E-state index in [-0.39, 0.29) is 17.6 Å². The molecule has 0 spiro atoms. The van der Waals surface area contributed by atoms with Crippen LogP contribution < -0.4 is 9.47 Å². The van der Waals surface area contributed by atoms with Gasteiger partial charge >= 0.3 is 0 Å².